The highest BCUT2D eigenvalue weighted by molar-refractivity contribution is 5.81. The topological polar surface area (TPSA) is 76.7 Å². The molecule has 0 bridgehead atoms. The molecule has 0 spiro atoms. The summed E-state index contributed by atoms with van der Waals surface area (Å²) in [4.78, 5) is 13.4. The number of nitrogens with two attached hydrogens (primary N) is 1. The van der Waals surface area contributed by atoms with Crippen LogP contribution in [0.2, 0.25) is 0 Å². The maximum Gasteiger partial charge on any atom is 0.220 e. The second-order valence-corrected chi connectivity index (χ2v) is 5.17. The van der Waals surface area contributed by atoms with Crippen LogP contribution in [0.5, 0.6) is 0 Å². The molecule has 0 aliphatic heterocycles. The molecule has 5 heteroatoms. The summed E-state index contributed by atoms with van der Waals surface area (Å²) in [6.07, 6.45) is 1.84. The number of rotatable bonds is 4. The third-order valence-corrected chi connectivity index (χ3v) is 3.59. The highest BCUT2D eigenvalue weighted by Gasteiger charge is 2.09. The van der Waals surface area contributed by atoms with Crippen LogP contribution >= 0.6 is 0 Å². The first-order valence-corrected chi connectivity index (χ1v) is 7.42. The number of pyridine rings is 1. The maximum atomic E-state index is 5.78. The Hall–Kier alpha value is -2.69. The average molecular weight is 293 g/mol. The van der Waals surface area contributed by atoms with Crippen molar-refractivity contribution >= 4 is 22.7 Å². The molecule has 2 aromatic heterocycles. The Balaban J connectivity index is 2.11. The van der Waals surface area contributed by atoms with E-state index in [0.29, 0.717) is 5.95 Å². The zero-order chi connectivity index (χ0) is 15.5. The summed E-state index contributed by atoms with van der Waals surface area (Å²) in [6.45, 7) is 2.12. The predicted octanol–water partition coefficient (Wildman–Crippen LogP) is 3.27. The Bertz CT molecular complexity index is 796. The van der Waals surface area contributed by atoms with E-state index in [1.54, 1.807) is 0 Å². The quantitative estimate of drug-likeness (QED) is 0.772. The molecule has 0 radical (unpaired) electrons. The number of aryl methyl sites for hydroxylation is 1. The van der Waals surface area contributed by atoms with Gasteiger partial charge in [-0.15, -0.1) is 0 Å². The van der Waals surface area contributed by atoms with Gasteiger partial charge in [0.1, 0.15) is 5.52 Å². The Morgan fingerprint density at radius 2 is 1.77 bits per heavy atom. The molecule has 5 nitrogen and oxygen atoms in total. The van der Waals surface area contributed by atoms with E-state index >= 15 is 0 Å². The van der Waals surface area contributed by atoms with Crippen LogP contribution in [0.3, 0.4) is 0 Å². The van der Waals surface area contributed by atoms with Gasteiger partial charge in [0.25, 0.3) is 0 Å². The van der Waals surface area contributed by atoms with E-state index in [-0.39, 0.29) is 0 Å². The van der Waals surface area contributed by atoms with E-state index in [2.05, 4.69) is 34.3 Å². The number of nitrogen functional groups attached to an aromatic ring is 1. The fraction of sp³-hybridized carbons (Fsp3) is 0.235. The highest BCUT2D eigenvalue weighted by atomic mass is 15.0. The fourth-order valence-corrected chi connectivity index (χ4v) is 2.47. The molecular weight excluding hydrogens is 274 g/mol. The van der Waals surface area contributed by atoms with Crippen LogP contribution in [0, 0.1) is 0 Å². The monoisotopic (exact) mass is 293 g/mol. The van der Waals surface area contributed by atoms with Gasteiger partial charge in [0.05, 0.1) is 16.9 Å². The van der Waals surface area contributed by atoms with Crippen molar-refractivity contribution in [3.05, 3.63) is 42.1 Å². The van der Waals surface area contributed by atoms with E-state index in [0.717, 1.165) is 46.5 Å². The van der Waals surface area contributed by atoms with Crippen molar-refractivity contribution in [1.29, 1.82) is 0 Å². The number of anilines is 2. The number of nitrogens with zero attached hydrogens (tertiary/aromatic N) is 3. The summed E-state index contributed by atoms with van der Waals surface area (Å²) in [5, 5.41) is 3.11. The van der Waals surface area contributed by atoms with Gasteiger partial charge in [-0.2, -0.15) is 0 Å². The zero-order valence-corrected chi connectivity index (χ0v) is 12.8. The molecule has 0 aliphatic rings. The standard InChI is InChI=1S/C17H19N5/c1-3-4-14-16-15(22-17(18)21-14)10-9-13(20-16)11-5-7-12(19-2)8-6-11/h5-10,19H,3-4H2,1-2H3,(H2,18,21,22). The normalized spacial score (nSPS) is 10.8. The molecule has 0 atom stereocenters. The summed E-state index contributed by atoms with van der Waals surface area (Å²) in [5.74, 6) is 0.309. The molecule has 0 fully saturated rings. The third-order valence-electron chi connectivity index (χ3n) is 3.59. The Labute approximate surface area is 129 Å². The van der Waals surface area contributed by atoms with E-state index in [1.165, 1.54) is 0 Å². The third kappa shape index (κ3) is 2.70. The molecular formula is C17H19N5. The van der Waals surface area contributed by atoms with E-state index < -0.39 is 0 Å². The Morgan fingerprint density at radius 3 is 2.45 bits per heavy atom. The van der Waals surface area contributed by atoms with Gasteiger partial charge in [-0.1, -0.05) is 25.5 Å². The molecule has 2 heterocycles. The zero-order valence-electron chi connectivity index (χ0n) is 12.8. The first-order valence-electron chi connectivity index (χ1n) is 7.42. The molecule has 0 amide bonds. The second kappa shape index (κ2) is 5.97. The SMILES string of the molecule is CCCc1nc(N)nc2ccc(-c3ccc(NC)cc3)nc12. The number of fused-ring (bicyclic) bond motifs is 1. The molecule has 0 saturated carbocycles. The molecule has 0 unspecified atom stereocenters. The van der Waals surface area contributed by atoms with Crippen molar-refractivity contribution in [3.63, 3.8) is 0 Å². The summed E-state index contributed by atoms with van der Waals surface area (Å²) >= 11 is 0. The average Bonchev–Trinajstić information content (AvgIpc) is 2.55. The minimum absolute atomic E-state index is 0.309. The van der Waals surface area contributed by atoms with E-state index in [9.17, 15) is 0 Å². The minimum Gasteiger partial charge on any atom is -0.388 e. The second-order valence-electron chi connectivity index (χ2n) is 5.17. The predicted molar refractivity (Wildman–Crippen MR) is 90.7 cm³/mol. The maximum absolute atomic E-state index is 5.78. The lowest BCUT2D eigenvalue weighted by Gasteiger charge is -2.08. The van der Waals surface area contributed by atoms with Gasteiger partial charge < -0.3 is 11.1 Å². The molecule has 22 heavy (non-hydrogen) atoms. The van der Waals surface area contributed by atoms with Crippen LogP contribution in [0.15, 0.2) is 36.4 Å². The summed E-state index contributed by atoms with van der Waals surface area (Å²) in [5.41, 5.74) is 11.4. The number of hydrogen-bond acceptors (Lipinski definition) is 5. The van der Waals surface area contributed by atoms with Crippen molar-refractivity contribution in [2.75, 3.05) is 18.1 Å². The molecule has 0 aliphatic carbocycles. The first kappa shape index (κ1) is 14.3. The first-order chi connectivity index (χ1) is 10.7. The molecule has 3 rings (SSSR count). The molecule has 3 aromatic rings. The van der Waals surface area contributed by atoms with E-state index in [1.807, 2.05) is 31.3 Å². The highest BCUT2D eigenvalue weighted by Crippen LogP contribution is 2.24. The van der Waals surface area contributed by atoms with Crippen molar-refractivity contribution in [1.82, 2.24) is 15.0 Å². The van der Waals surface area contributed by atoms with Crippen molar-refractivity contribution in [2.24, 2.45) is 0 Å². The number of aromatic nitrogens is 3. The van der Waals surface area contributed by atoms with Gasteiger partial charge in [-0.3, -0.25) is 0 Å². The van der Waals surface area contributed by atoms with E-state index in [4.69, 9.17) is 10.7 Å². The largest absolute Gasteiger partial charge is 0.388 e. The molecule has 112 valence electrons. The lowest BCUT2D eigenvalue weighted by Crippen LogP contribution is -2.02. The molecule has 3 N–H and O–H groups in total. The van der Waals surface area contributed by atoms with Crippen LogP contribution in [0.4, 0.5) is 11.6 Å². The van der Waals surface area contributed by atoms with Gasteiger partial charge in [-0.05, 0) is 30.7 Å². The number of benzene rings is 1. The molecule has 0 saturated heterocycles. The van der Waals surface area contributed by atoms with Gasteiger partial charge in [-0.25, -0.2) is 15.0 Å². The fourth-order valence-electron chi connectivity index (χ4n) is 2.47. The van der Waals surface area contributed by atoms with Crippen LogP contribution in [0.25, 0.3) is 22.3 Å². The lowest BCUT2D eigenvalue weighted by molar-refractivity contribution is 0.885. The smallest absolute Gasteiger partial charge is 0.220 e. The lowest BCUT2D eigenvalue weighted by atomic mass is 10.1. The van der Waals surface area contributed by atoms with Crippen LogP contribution < -0.4 is 11.1 Å². The minimum atomic E-state index is 0.309. The van der Waals surface area contributed by atoms with Crippen molar-refractivity contribution in [2.45, 2.75) is 19.8 Å². The summed E-state index contributed by atoms with van der Waals surface area (Å²) in [6, 6.07) is 12.1. The Kier molecular flexibility index (Phi) is 3.87. The number of hydrogen-bond donors (Lipinski definition) is 2. The van der Waals surface area contributed by atoms with Gasteiger partial charge in [0, 0.05) is 18.3 Å². The van der Waals surface area contributed by atoms with Crippen molar-refractivity contribution in [3.8, 4) is 11.3 Å². The van der Waals surface area contributed by atoms with Crippen LogP contribution in [0.1, 0.15) is 19.0 Å². The van der Waals surface area contributed by atoms with Crippen LogP contribution in [-0.4, -0.2) is 22.0 Å². The van der Waals surface area contributed by atoms with Gasteiger partial charge >= 0.3 is 0 Å². The Morgan fingerprint density at radius 1 is 1.00 bits per heavy atom. The van der Waals surface area contributed by atoms with Crippen LogP contribution in [-0.2, 0) is 6.42 Å². The number of nitrogens with one attached hydrogen (secondary N) is 1. The van der Waals surface area contributed by atoms with Gasteiger partial charge in [0.2, 0.25) is 5.95 Å². The summed E-state index contributed by atoms with van der Waals surface area (Å²) in [7, 11) is 1.90. The summed E-state index contributed by atoms with van der Waals surface area (Å²) < 4.78 is 0. The molecule has 1 aromatic carbocycles. The van der Waals surface area contributed by atoms with Crippen molar-refractivity contribution < 1.29 is 0 Å². The van der Waals surface area contributed by atoms with Gasteiger partial charge in [0.15, 0.2) is 0 Å².